The number of aryl methyl sites for hydroxylation is 1. The third kappa shape index (κ3) is 3.93. The van der Waals surface area contributed by atoms with E-state index in [1.54, 1.807) is 7.11 Å². The van der Waals surface area contributed by atoms with E-state index in [2.05, 4.69) is 31.3 Å². The largest absolute Gasteiger partial charge is 0.496 e. The van der Waals surface area contributed by atoms with Crippen molar-refractivity contribution in [3.05, 3.63) is 29.3 Å². The highest BCUT2D eigenvalue weighted by Crippen LogP contribution is 2.37. The molecule has 0 radical (unpaired) electrons. The van der Waals surface area contributed by atoms with Crippen LogP contribution in [0, 0.1) is 12.8 Å². The first-order valence-corrected chi connectivity index (χ1v) is 11.4. The molecule has 0 unspecified atom stereocenters. The highest BCUT2D eigenvalue weighted by molar-refractivity contribution is 6.07. The fourth-order valence-electron chi connectivity index (χ4n) is 5.47. The van der Waals surface area contributed by atoms with Crippen LogP contribution in [0.4, 0.5) is 4.79 Å². The number of rotatable bonds is 5. The van der Waals surface area contributed by atoms with Gasteiger partial charge in [-0.15, -0.1) is 0 Å². The van der Waals surface area contributed by atoms with E-state index in [1.807, 2.05) is 6.07 Å². The van der Waals surface area contributed by atoms with Gasteiger partial charge in [0.15, 0.2) is 6.67 Å². The van der Waals surface area contributed by atoms with Crippen molar-refractivity contribution < 1.29 is 24.1 Å². The molecular formula is C23H36N4O3+2. The Kier molecular flexibility index (Phi) is 6.02. The summed E-state index contributed by atoms with van der Waals surface area (Å²) < 4.78 is 5.53. The van der Waals surface area contributed by atoms with Crippen LogP contribution in [0.15, 0.2) is 18.2 Å². The molecule has 3 fully saturated rings. The molecule has 2 atom stereocenters. The number of piperazine rings is 1. The van der Waals surface area contributed by atoms with Gasteiger partial charge in [-0.25, -0.2) is 9.69 Å². The first kappa shape index (κ1) is 21.1. The van der Waals surface area contributed by atoms with Gasteiger partial charge >= 0.3 is 6.03 Å². The zero-order valence-electron chi connectivity index (χ0n) is 18.6. The highest BCUT2D eigenvalue weighted by Gasteiger charge is 2.55. The Morgan fingerprint density at radius 2 is 1.90 bits per heavy atom. The molecule has 3 amide bonds. The van der Waals surface area contributed by atoms with Crippen LogP contribution in [-0.2, 0) is 11.3 Å². The predicted molar refractivity (Wildman–Crippen MR) is 113 cm³/mol. The van der Waals surface area contributed by atoms with Crippen LogP contribution in [0.25, 0.3) is 0 Å². The Morgan fingerprint density at radius 1 is 1.17 bits per heavy atom. The van der Waals surface area contributed by atoms with Crippen molar-refractivity contribution in [1.29, 1.82) is 0 Å². The average molecular weight is 417 g/mol. The first-order valence-electron chi connectivity index (χ1n) is 11.4. The normalized spacial score (nSPS) is 31.8. The summed E-state index contributed by atoms with van der Waals surface area (Å²) in [6, 6.07) is 6.15. The fourth-order valence-corrected chi connectivity index (χ4v) is 5.47. The van der Waals surface area contributed by atoms with Crippen molar-refractivity contribution in [1.82, 2.24) is 10.2 Å². The lowest BCUT2D eigenvalue weighted by atomic mass is 9.73. The van der Waals surface area contributed by atoms with Gasteiger partial charge in [0.1, 0.15) is 44.0 Å². The van der Waals surface area contributed by atoms with E-state index in [9.17, 15) is 9.59 Å². The molecule has 3 aliphatic rings. The van der Waals surface area contributed by atoms with E-state index >= 15 is 0 Å². The van der Waals surface area contributed by atoms with Gasteiger partial charge in [-0.05, 0) is 37.8 Å². The Morgan fingerprint density at radius 3 is 2.60 bits per heavy atom. The van der Waals surface area contributed by atoms with Crippen molar-refractivity contribution in [3.63, 3.8) is 0 Å². The number of nitrogens with zero attached hydrogens (tertiary/aromatic N) is 1. The first-order chi connectivity index (χ1) is 14.4. The second-order valence-electron chi connectivity index (χ2n) is 9.43. The number of nitrogens with one attached hydrogen (secondary N) is 3. The van der Waals surface area contributed by atoms with Crippen LogP contribution in [0.3, 0.4) is 0 Å². The maximum atomic E-state index is 13.2. The number of amides is 3. The molecule has 3 N–H and O–H groups in total. The fraction of sp³-hybridized carbons (Fsp3) is 0.652. The molecule has 2 aliphatic heterocycles. The number of imide groups is 1. The number of methoxy groups -OCH3 is 1. The van der Waals surface area contributed by atoms with E-state index in [1.165, 1.54) is 25.8 Å². The Labute approximate surface area is 179 Å². The molecule has 4 rings (SSSR count). The predicted octanol–water partition coefficient (Wildman–Crippen LogP) is -0.255. The minimum atomic E-state index is -0.649. The summed E-state index contributed by atoms with van der Waals surface area (Å²) in [7, 11) is 1.73. The maximum absolute atomic E-state index is 13.2. The molecule has 7 nitrogen and oxygen atoms in total. The van der Waals surface area contributed by atoms with Crippen LogP contribution >= 0.6 is 0 Å². The number of carbonyl (C=O) groups is 2. The Hall–Kier alpha value is -2.12. The summed E-state index contributed by atoms with van der Waals surface area (Å²) in [6.45, 7) is 9.62. The maximum Gasteiger partial charge on any atom is 0.329 e. The summed E-state index contributed by atoms with van der Waals surface area (Å²) in [6.07, 6.45) is 3.95. The molecule has 2 heterocycles. The summed E-state index contributed by atoms with van der Waals surface area (Å²) in [5.41, 5.74) is 1.85. The van der Waals surface area contributed by atoms with Gasteiger partial charge in [0.05, 0.1) is 7.11 Å². The number of quaternary nitrogens is 2. The number of benzene rings is 1. The molecule has 164 valence electrons. The van der Waals surface area contributed by atoms with Gasteiger partial charge in [0.2, 0.25) is 0 Å². The molecule has 1 saturated carbocycles. The number of hydrogen-bond donors (Lipinski definition) is 3. The zero-order chi connectivity index (χ0) is 21.3. The van der Waals surface area contributed by atoms with Crippen LogP contribution in [0.1, 0.15) is 43.7 Å². The summed E-state index contributed by atoms with van der Waals surface area (Å²) >= 11 is 0. The van der Waals surface area contributed by atoms with E-state index in [0.717, 1.165) is 64.2 Å². The lowest BCUT2D eigenvalue weighted by Crippen LogP contribution is -3.28. The molecule has 2 saturated heterocycles. The van der Waals surface area contributed by atoms with Gasteiger partial charge in [0.25, 0.3) is 5.91 Å². The average Bonchev–Trinajstić information content (AvgIpc) is 2.97. The molecule has 1 aromatic rings. The molecule has 1 aromatic carbocycles. The van der Waals surface area contributed by atoms with Crippen molar-refractivity contribution in [2.24, 2.45) is 5.92 Å². The quantitative estimate of drug-likeness (QED) is 0.580. The zero-order valence-corrected chi connectivity index (χ0v) is 18.6. The van der Waals surface area contributed by atoms with Crippen molar-refractivity contribution in [3.8, 4) is 5.75 Å². The van der Waals surface area contributed by atoms with E-state index in [4.69, 9.17) is 4.74 Å². The molecule has 0 bridgehead atoms. The van der Waals surface area contributed by atoms with Gasteiger partial charge < -0.3 is 19.9 Å². The Balaban J connectivity index is 1.33. The van der Waals surface area contributed by atoms with Crippen molar-refractivity contribution in [2.45, 2.75) is 51.6 Å². The number of carbonyl (C=O) groups excluding carboxylic acids is 2. The Bertz CT molecular complexity index is 806. The summed E-state index contributed by atoms with van der Waals surface area (Å²) in [5.74, 6) is 1.17. The number of hydrogen-bond acceptors (Lipinski definition) is 3. The smallest absolute Gasteiger partial charge is 0.329 e. The summed E-state index contributed by atoms with van der Waals surface area (Å²) in [4.78, 5) is 30.2. The lowest BCUT2D eigenvalue weighted by Gasteiger charge is -2.37. The van der Waals surface area contributed by atoms with Crippen LogP contribution < -0.4 is 19.9 Å². The monoisotopic (exact) mass is 416 g/mol. The van der Waals surface area contributed by atoms with Crippen LogP contribution in [0.2, 0.25) is 0 Å². The second kappa shape index (κ2) is 8.55. The highest BCUT2D eigenvalue weighted by atomic mass is 16.5. The molecule has 1 aliphatic carbocycles. The molecule has 1 spiro atoms. The summed E-state index contributed by atoms with van der Waals surface area (Å²) in [5, 5.41) is 3.07. The number of urea groups is 1. The third-order valence-electron chi connectivity index (χ3n) is 7.42. The molecule has 7 heteroatoms. The van der Waals surface area contributed by atoms with Gasteiger partial charge in [0, 0.05) is 5.56 Å². The van der Waals surface area contributed by atoms with E-state index in [-0.39, 0.29) is 17.9 Å². The van der Waals surface area contributed by atoms with Gasteiger partial charge in [-0.2, -0.15) is 0 Å². The standard InChI is InChI=1S/C23H34N4O3/c1-17-7-8-20(30-3)19(14-17)15-25-10-12-26(13-11-25)16-27-21(28)23(24-22(27)29)9-5-4-6-18(23)2/h7-8,14,18H,4-6,9-13,15-16H2,1-3H3,(H,24,29)/p+2/t18-,23-/m0/s1. The van der Waals surface area contributed by atoms with Crippen LogP contribution in [-0.4, -0.2) is 62.3 Å². The van der Waals surface area contributed by atoms with Gasteiger partial charge in [-0.3, -0.25) is 4.79 Å². The van der Waals surface area contributed by atoms with Crippen molar-refractivity contribution >= 4 is 11.9 Å². The van der Waals surface area contributed by atoms with E-state index < -0.39 is 5.54 Å². The van der Waals surface area contributed by atoms with E-state index in [0.29, 0.717) is 6.67 Å². The molecule has 0 aromatic heterocycles. The minimum Gasteiger partial charge on any atom is -0.496 e. The van der Waals surface area contributed by atoms with Crippen molar-refractivity contribution in [2.75, 3.05) is 40.0 Å². The second-order valence-corrected chi connectivity index (χ2v) is 9.43. The third-order valence-corrected chi connectivity index (χ3v) is 7.42. The lowest BCUT2D eigenvalue weighted by molar-refractivity contribution is -1.02. The van der Waals surface area contributed by atoms with Crippen LogP contribution in [0.5, 0.6) is 5.75 Å². The topological polar surface area (TPSA) is 67.5 Å². The molecule has 30 heavy (non-hydrogen) atoms. The SMILES string of the molecule is COc1ccc(C)cc1C[NH+]1CC[NH+](CN2C(=O)N[C@]3(CCCC[C@@H]3C)C2=O)CC1. The number of ether oxygens (including phenoxy) is 1. The molecular weight excluding hydrogens is 380 g/mol. The van der Waals surface area contributed by atoms with Gasteiger partial charge in [-0.1, -0.05) is 31.4 Å². The minimum absolute atomic E-state index is 0.00599.